The monoisotopic (exact) mass is 574 g/mol. The highest BCUT2D eigenvalue weighted by molar-refractivity contribution is 6.35. The summed E-state index contributed by atoms with van der Waals surface area (Å²) in [5.74, 6) is -1.52. The second-order valence-electron chi connectivity index (χ2n) is 9.13. The van der Waals surface area contributed by atoms with E-state index in [1.807, 2.05) is 0 Å². The lowest BCUT2D eigenvalue weighted by molar-refractivity contribution is -0.144. The van der Waals surface area contributed by atoms with Gasteiger partial charge in [0.1, 0.15) is 12.0 Å². The molecule has 0 spiro atoms. The minimum absolute atomic E-state index is 0.0492. The lowest BCUT2D eigenvalue weighted by atomic mass is 10.0. The van der Waals surface area contributed by atoms with Gasteiger partial charge < -0.3 is 15.4 Å². The molecule has 0 radical (unpaired) electrons. The summed E-state index contributed by atoms with van der Waals surface area (Å²) < 4.78 is 79.0. The number of hydrogen-bond donors (Lipinski definition) is 2. The molecule has 3 aromatic rings. The van der Waals surface area contributed by atoms with Gasteiger partial charge in [-0.2, -0.15) is 31.4 Å². The predicted octanol–water partition coefficient (Wildman–Crippen LogP) is 5.89. The smallest absolute Gasteiger partial charge is 0.340 e. The van der Waals surface area contributed by atoms with Crippen LogP contribution in [0.15, 0.2) is 42.5 Å². The molecule has 3 rings (SSSR count). The van der Waals surface area contributed by atoms with Crippen molar-refractivity contribution in [2.45, 2.75) is 45.2 Å². The summed E-state index contributed by atoms with van der Waals surface area (Å²) in [6, 6.07) is 8.14. The van der Waals surface area contributed by atoms with Crippen LogP contribution in [-0.4, -0.2) is 33.4 Å². The number of anilines is 1. The quantitative estimate of drug-likeness (QED) is 0.272. The normalized spacial score (nSPS) is 12.3. The molecule has 14 heteroatoms. The van der Waals surface area contributed by atoms with Crippen molar-refractivity contribution < 1.29 is 40.7 Å². The molecule has 208 valence electrons. The zero-order valence-corrected chi connectivity index (χ0v) is 21.3. The predicted molar refractivity (Wildman–Crippen MR) is 130 cm³/mol. The van der Waals surface area contributed by atoms with Crippen LogP contribution in [0.5, 0.6) is 0 Å². The zero-order chi connectivity index (χ0) is 29.3. The van der Waals surface area contributed by atoms with E-state index in [2.05, 4.69) is 15.7 Å². The fraction of sp³-hybridized carbons (Fsp3) is 0.280. The summed E-state index contributed by atoms with van der Waals surface area (Å²) in [7, 11) is 0. The van der Waals surface area contributed by atoms with Crippen LogP contribution in [0.4, 0.5) is 32.0 Å². The van der Waals surface area contributed by atoms with Crippen molar-refractivity contribution in [2.24, 2.45) is 0 Å². The number of nitrogens with one attached hydrogen (secondary N) is 2. The largest absolute Gasteiger partial charge is 0.435 e. The Kier molecular flexibility index (Phi) is 8.15. The van der Waals surface area contributed by atoms with Crippen LogP contribution in [0.3, 0.4) is 0 Å². The molecule has 0 saturated heterocycles. The fourth-order valence-electron chi connectivity index (χ4n) is 3.56. The number of aryl methyl sites for hydroxylation is 1. The van der Waals surface area contributed by atoms with Gasteiger partial charge in [-0.15, -0.1) is 0 Å². The molecule has 2 amide bonds. The first-order valence-corrected chi connectivity index (χ1v) is 11.5. The van der Waals surface area contributed by atoms with Crippen molar-refractivity contribution >= 4 is 35.4 Å². The van der Waals surface area contributed by atoms with Crippen LogP contribution in [0.2, 0.25) is 5.02 Å². The van der Waals surface area contributed by atoms with Crippen LogP contribution < -0.4 is 10.6 Å². The number of aromatic nitrogens is 2. The average molecular weight is 575 g/mol. The van der Waals surface area contributed by atoms with Crippen molar-refractivity contribution in [3.05, 3.63) is 81.1 Å². The second kappa shape index (κ2) is 10.7. The van der Waals surface area contributed by atoms with Gasteiger partial charge in [-0.05, 0) is 50.1 Å². The number of nitrogens with zero attached hydrogens (tertiary/aromatic N) is 2. The highest BCUT2D eigenvalue weighted by Gasteiger charge is 2.41. The molecule has 0 aliphatic carbocycles. The number of alkyl halides is 6. The fourth-order valence-corrected chi connectivity index (χ4v) is 3.82. The Morgan fingerprint density at radius 3 is 2.23 bits per heavy atom. The van der Waals surface area contributed by atoms with E-state index in [4.69, 9.17) is 11.6 Å². The number of hydrogen-bond acceptors (Lipinski definition) is 4. The highest BCUT2D eigenvalue weighted by Crippen LogP contribution is 2.35. The molecule has 0 bridgehead atoms. The van der Waals surface area contributed by atoms with Gasteiger partial charge in [0.05, 0.1) is 28.2 Å². The first-order valence-electron chi connectivity index (χ1n) is 11.1. The molecule has 7 nitrogen and oxygen atoms in total. The minimum atomic E-state index is -5.07. The van der Waals surface area contributed by atoms with E-state index in [-0.39, 0.29) is 38.1 Å². The minimum Gasteiger partial charge on any atom is -0.340 e. The van der Waals surface area contributed by atoms with E-state index in [1.54, 1.807) is 0 Å². The van der Waals surface area contributed by atoms with E-state index >= 15 is 0 Å². The second-order valence-corrected chi connectivity index (χ2v) is 9.53. The maximum Gasteiger partial charge on any atom is 0.435 e. The van der Waals surface area contributed by atoms with Gasteiger partial charge >= 0.3 is 12.4 Å². The van der Waals surface area contributed by atoms with E-state index in [0.29, 0.717) is 11.8 Å². The van der Waals surface area contributed by atoms with E-state index < -0.39 is 47.6 Å². The molecule has 0 fully saturated rings. The summed E-state index contributed by atoms with van der Waals surface area (Å²) in [6.45, 7) is 3.80. The molecule has 0 saturated carbocycles. The number of aldehydes is 1. The van der Waals surface area contributed by atoms with Gasteiger partial charge in [-0.25, -0.2) is 0 Å². The molecule has 1 heterocycles. The SMILES string of the molecule is Cc1cc(Cn2nc(C(F)(F)F)cc2C(F)(F)F)ccc1NC(=O)c1cccc(Cl)c1C(=O)NC(C)(C)C=O. The Morgan fingerprint density at radius 2 is 1.67 bits per heavy atom. The number of amides is 2. The summed E-state index contributed by atoms with van der Waals surface area (Å²) >= 11 is 6.16. The molecule has 0 aliphatic rings. The van der Waals surface area contributed by atoms with Crippen LogP contribution in [0, 0.1) is 6.92 Å². The van der Waals surface area contributed by atoms with Gasteiger partial charge in [0.15, 0.2) is 5.69 Å². The zero-order valence-electron chi connectivity index (χ0n) is 20.6. The maximum atomic E-state index is 13.3. The highest BCUT2D eigenvalue weighted by atomic mass is 35.5. The third-order valence-corrected chi connectivity index (χ3v) is 5.76. The molecule has 39 heavy (non-hydrogen) atoms. The molecule has 2 N–H and O–H groups in total. The number of halogens is 7. The van der Waals surface area contributed by atoms with Crippen molar-refractivity contribution in [3.63, 3.8) is 0 Å². The lowest BCUT2D eigenvalue weighted by Crippen LogP contribution is -2.45. The Morgan fingerprint density at radius 1 is 1.00 bits per heavy atom. The molecule has 1 aromatic heterocycles. The summed E-state index contributed by atoms with van der Waals surface area (Å²) in [4.78, 5) is 37.0. The van der Waals surface area contributed by atoms with Crippen molar-refractivity contribution in [2.75, 3.05) is 5.32 Å². The molecule has 0 unspecified atom stereocenters. The lowest BCUT2D eigenvalue weighted by Gasteiger charge is -2.20. The van der Waals surface area contributed by atoms with Gasteiger partial charge in [-0.3, -0.25) is 14.3 Å². The van der Waals surface area contributed by atoms with Crippen LogP contribution in [0.1, 0.15) is 57.1 Å². The van der Waals surface area contributed by atoms with Crippen LogP contribution in [-0.2, 0) is 23.7 Å². The molecule has 0 atom stereocenters. The third kappa shape index (κ3) is 6.96. The van der Waals surface area contributed by atoms with E-state index in [9.17, 15) is 40.7 Å². The number of carbonyl (C=O) groups is 3. The van der Waals surface area contributed by atoms with Crippen LogP contribution >= 0.6 is 11.6 Å². The number of benzene rings is 2. The summed E-state index contributed by atoms with van der Waals surface area (Å²) in [5.41, 5.74) is -3.99. The van der Waals surface area contributed by atoms with E-state index in [0.717, 1.165) is 0 Å². The topological polar surface area (TPSA) is 93.1 Å². The first-order chi connectivity index (χ1) is 17.9. The van der Waals surface area contributed by atoms with E-state index in [1.165, 1.54) is 57.2 Å². The Labute approximate surface area is 223 Å². The van der Waals surface area contributed by atoms with Gasteiger partial charge in [0.2, 0.25) is 0 Å². The Bertz CT molecular complexity index is 1430. The molecular formula is C25H21ClF6N4O3. The third-order valence-electron chi connectivity index (χ3n) is 5.45. The van der Waals surface area contributed by atoms with Gasteiger partial charge in [0.25, 0.3) is 11.8 Å². The number of rotatable bonds is 7. The van der Waals surface area contributed by atoms with Gasteiger partial charge in [-0.1, -0.05) is 29.8 Å². The summed E-state index contributed by atoms with van der Waals surface area (Å²) in [5, 5.41) is 8.07. The molecule has 0 aliphatic heterocycles. The standard InChI is InChI=1S/C25H21ClF6N4O3/c1-13-9-14(11-36-19(25(30,31)32)10-18(35-36)24(27,28)29)7-8-17(13)33-21(38)15-5-4-6-16(26)20(15)22(39)34-23(2,3)12-37/h4-10,12H,11H2,1-3H3,(H,33,38)(H,34,39). The molecule has 2 aromatic carbocycles. The van der Waals surface area contributed by atoms with Crippen molar-refractivity contribution in [1.29, 1.82) is 0 Å². The summed E-state index contributed by atoms with van der Waals surface area (Å²) in [6.07, 6.45) is -9.62. The van der Waals surface area contributed by atoms with Crippen LogP contribution in [0.25, 0.3) is 0 Å². The maximum absolute atomic E-state index is 13.3. The first kappa shape index (κ1) is 29.7. The Balaban J connectivity index is 1.87. The number of carbonyl (C=O) groups excluding carboxylic acids is 3. The Hall–Kier alpha value is -3.87. The average Bonchev–Trinajstić information content (AvgIpc) is 3.25. The van der Waals surface area contributed by atoms with Crippen molar-refractivity contribution in [1.82, 2.24) is 15.1 Å². The van der Waals surface area contributed by atoms with Crippen molar-refractivity contribution in [3.8, 4) is 0 Å². The molecular weight excluding hydrogens is 554 g/mol. The van der Waals surface area contributed by atoms with Gasteiger partial charge in [0, 0.05) is 11.8 Å².